The van der Waals surface area contributed by atoms with Gasteiger partial charge >= 0.3 is 0 Å². The van der Waals surface area contributed by atoms with Crippen LogP contribution in [0.5, 0.6) is 0 Å². The number of H-pyrrole nitrogens is 1. The van der Waals surface area contributed by atoms with Gasteiger partial charge in [-0.15, -0.1) is 0 Å². The lowest BCUT2D eigenvalue weighted by molar-refractivity contribution is 1.10. The average molecular weight is 177 g/mol. The molecule has 2 aromatic heterocycles. The van der Waals surface area contributed by atoms with Gasteiger partial charge < -0.3 is 10.6 Å². The van der Waals surface area contributed by atoms with Crippen molar-refractivity contribution in [3.63, 3.8) is 0 Å². The molecule has 0 saturated carbocycles. The van der Waals surface area contributed by atoms with Crippen LogP contribution in [-0.2, 0) is 0 Å². The largest absolute Gasteiger partial charge is 0.382 e. The average Bonchev–Trinajstić information content (AvgIpc) is 2.48. The number of nitrogens with zero attached hydrogens (tertiary/aromatic N) is 3. The highest BCUT2D eigenvalue weighted by atomic mass is 15.2. The summed E-state index contributed by atoms with van der Waals surface area (Å²) in [6, 6.07) is 1.91. The molecule has 0 fully saturated rings. The standard InChI is InChI=1S/C8H11N5/c1-13(2)5-3-4-10-8-6(5)7(9)11-12-8/h3-4H,1-2H3,(H3,9,10,11,12). The summed E-state index contributed by atoms with van der Waals surface area (Å²) in [6.07, 6.45) is 1.73. The molecule has 0 aliphatic heterocycles. The summed E-state index contributed by atoms with van der Waals surface area (Å²) in [6.45, 7) is 0. The van der Waals surface area contributed by atoms with E-state index in [0.29, 0.717) is 5.82 Å². The third-order valence-corrected chi connectivity index (χ3v) is 1.95. The number of hydrogen-bond acceptors (Lipinski definition) is 4. The van der Waals surface area contributed by atoms with E-state index < -0.39 is 0 Å². The van der Waals surface area contributed by atoms with Crippen molar-refractivity contribution in [1.29, 1.82) is 0 Å². The molecular formula is C8H11N5. The molecule has 0 bridgehead atoms. The minimum Gasteiger partial charge on any atom is -0.382 e. The van der Waals surface area contributed by atoms with Gasteiger partial charge in [0.05, 0.1) is 11.1 Å². The van der Waals surface area contributed by atoms with E-state index in [1.165, 1.54) is 0 Å². The van der Waals surface area contributed by atoms with Gasteiger partial charge in [-0.05, 0) is 6.07 Å². The van der Waals surface area contributed by atoms with Crippen LogP contribution in [0.15, 0.2) is 12.3 Å². The van der Waals surface area contributed by atoms with Gasteiger partial charge in [0, 0.05) is 20.3 Å². The molecule has 5 nitrogen and oxygen atoms in total. The number of hydrogen-bond donors (Lipinski definition) is 2. The first-order valence-electron chi connectivity index (χ1n) is 3.96. The highest BCUT2D eigenvalue weighted by Crippen LogP contribution is 2.26. The topological polar surface area (TPSA) is 70.8 Å². The molecule has 13 heavy (non-hydrogen) atoms. The van der Waals surface area contributed by atoms with Crippen molar-refractivity contribution in [2.24, 2.45) is 0 Å². The van der Waals surface area contributed by atoms with Crippen LogP contribution in [0.3, 0.4) is 0 Å². The molecule has 3 N–H and O–H groups in total. The number of nitrogens with one attached hydrogen (secondary N) is 1. The van der Waals surface area contributed by atoms with Gasteiger partial charge in [-0.25, -0.2) is 4.98 Å². The predicted molar refractivity (Wildman–Crippen MR) is 52.6 cm³/mol. The third-order valence-electron chi connectivity index (χ3n) is 1.95. The quantitative estimate of drug-likeness (QED) is 0.669. The van der Waals surface area contributed by atoms with E-state index >= 15 is 0 Å². The number of rotatable bonds is 1. The summed E-state index contributed by atoms with van der Waals surface area (Å²) in [5.41, 5.74) is 7.46. The number of aromatic nitrogens is 3. The minimum absolute atomic E-state index is 0.492. The number of anilines is 2. The maximum atomic E-state index is 5.71. The van der Waals surface area contributed by atoms with Gasteiger partial charge in [0.15, 0.2) is 11.5 Å². The number of nitrogen functional groups attached to an aromatic ring is 1. The maximum absolute atomic E-state index is 5.71. The number of aromatic amines is 1. The summed E-state index contributed by atoms with van der Waals surface area (Å²) in [5, 5.41) is 7.55. The van der Waals surface area contributed by atoms with Gasteiger partial charge in [0.2, 0.25) is 0 Å². The molecule has 0 radical (unpaired) electrons. The van der Waals surface area contributed by atoms with Gasteiger partial charge in [0.1, 0.15) is 0 Å². The van der Waals surface area contributed by atoms with Crippen LogP contribution in [0.4, 0.5) is 11.5 Å². The summed E-state index contributed by atoms with van der Waals surface area (Å²) in [7, 11) is 3.92. The Labute approximate surface area is 75.6 Å². The fraction of sp³-hybridized carbons (Fsp3) is 0.250. The van der Waals surface area contributed by atoms with Crippen molar-refractivity contribution in [2.45, 2.75) is 0 Å². The van der Waals surface area contributed by atoms with Crippen molar-refractivity contribution in [3.05, 3.63) is 12.3 Å². The van der Waals surface area contributed by atoms with E-state index in [4.69, 9.17) is 5.73 Å². The van der Waals surface area contributed by atoms with Crippen molar-refractivity contribution in [3.8, 4) is 0 Å². The lowest BCUT2D eigenvalue weighted by atomic mass is 10.2. The van der Waals surface area contributed by atoms with Crippen molar-refractivity contribution in [1.82, 2.24) is 15.2 Å². The molecule has 68 valence electrons. The highest BCUT2D eigenvalue weighted by Gasteiger charge is 2.09. The Bertz CT molecular complexity index is 431. The van der Waals surface area contributed by atoms with Gasteiger partial charge in [0.25, 0.3) is 0 Å². The molecular weight excluding hydrogens is 166 g/mol. The highest BCUT2D eigenvalue weighted by molar-refractivity contribution is 5.97. The second-order valence-electron chi connectivity index (χ2n) is 3.06. The second kappa shape index (κ2) is 2.62. The third kappa shape index (κ3) is 1.09. The molecule has 2 heterocycles. The van der Waals surface area contributed by atoms with Crippen LogP contribution in [0.25, 0.3) is 11.0 Å². The summed E-state index contributed by atoms with van der Waals surface area (Å²) >= 11 is 0. The molecule has 0 amide bonds. The lowest BCUT2D eigenvalue weighted by Gasteiger charge is -2.12. The fourth-order valence-electron chi connectivity index (χ4n) is 1.33. The SMILES string of the molecule is CN(C)c1ccnc2[nH]nc(N)c12. The Balaban J connectivity index is 2.80. The molecule has 0 aliphatic carbocycles. The number of pyridine rings is 1. The van der Waals surface area contributed by atoms with Crippen molar-refractivity contribution < 1.29 is 0 Å². The van der Waals surface area contributed by atoms with Crippen LogP contribution in [-0.4, -0.2) is 29.3 Å². The second-order valence-corrected chi connectivity index (χ2v) is 3.06. The van der Waals surface area contributed by atoms with Crippen LogP contribution in [0.1, 0.15) is 0 Å². The molecule has 0 aromatic carbocycles. The zero-order chi connectivity index (χ0) is 9.42. The Morgan fingerprint density at radius 2 is 2.23 bits per heavy atom. The molecule has 2 rings (SSSR count). The van der Waals surface area contributed by atoms with E-state index in [-0.39, 0.29) is 0 Å². The van der Waals surface area contributed by atoms with E-state index in [9.17, 15) is 0 Å². The molecule has 2 aromatic rings. The zero-order valence-corrected chi connectivity index (χ0v) is 7.57. The van der Waals surface area contributed by atoms with Crippen LogP contribution in [0.2, 0.25) is 0 Å². The van der Waals surface area contributed by atoms with Crippen LogP contribution >= 0.6 is 0 Å². The van der Waals surface area contributed by atoms with Gasteiger partial charge in [-0.2, -0.15) is 5.10 Å². The van der Waals surface area contributed by atoms with E-state index in [0.717, 1.165) is 16.7 Å². The van der Waals surface area contributed by atoms with E-state index in [2.05, 4.69) is 15.2 Å². The Hall–Kier alpha value is -1.78. The Morgan fingerprint density at radius 1 is 1.46 bits per heavy atom. The molecule has 0 spiro atoms. The first-order chi connectivity index (χ1) is 6.20. The summed E-state index contributed by atoms with van der Waals surface area (Å²) < 4.78 is 0. The summed E-state index contributed by atoms with van der Waals surface area (Å²) in [4.78, 5) is 6.10. The summed E-state index contributed by atoms with van der Waals surface area (Å²) in [5.74, 6) is 0.492. The predicted octanol–water partition coefficient (Wildman–Crippen LogP) is 0.606. The first kappa shape index (κ1) is 7.85. The van der Waals surface area contributed by atoms with E-state index in [1.807, 2.05) is 25.1 Å². The van der Waals surface area contributed by atoms with Crippen LogP contribution in [0, 0.1) is 0 Å². The molecule has 0 aliphatic rings. The molecule has 0 saturated heterocycles. The smallest absolute Gasteiger partial charge is 0.159 e. The molecule has 5 heteroatoms. The lowest BCUT2D eigenvalue weighted by Crippen LogP contribution is -2.09. The van der Waals surface area contributed by atoms with Crippen molar-refractivity contribution >= 4 is 22.5 Å². The monoisotopic (exact) mass is 177 g/mol. The Kier molecular flexibility index (Phi) is 1.58. The van der Waals surface area contributed by atoms with Crippen molar-refractivity contribution in [2.75, 3.05) is 24.7 Å². The number of fused-ring (bicyclic) bond motifs is 1. The minimum atomic E-state index is 0.492. The number of nitrogens with two attached hydrogens (primary N) is 1. The van der Waals surface area contributed by atoms with Gasteiger partial charge in [-0.1, -0.05) is 0 Å². The molecule has 0 unspecified atom stereocenters. The maximum Gasteiger partial charge on any atom is 0.159 e. The fourth-order valence-corrected chi connectivity index (χ4v) is 1.33. The van der Waals surface area contributed by atoms with Gasteiger partial charge in [-0.3, -0.25) is 5.10 Å². The Morgan fingerprint density at radius 3 is 2.92 bits per heavy atom. The zero-order valence-electron chi connectivity index (χ0n) is 7.57. The van der Waals surface area contributed by atoms with Crippen LogP contribution < -0.4 is 10.6 Å². The normalized spacial score (nSPS) is 10.6. The van der Waals surface area contributed by atoms with E-state index in [1.54, 1.807) is 6.20 Å². The first-order valence-corrected chi connectivity index (χ1v) is 3.96. The molecule has 0 atom stereocenters.